The molecule has 0 aliphatic heterocycles. The van der Waals surface area contributed by atoms with Gasteiger partial charge in [0.15, 0.2) is 12.4 Å². The molecular formula is C18H22N2O3. The second-order valence-corrected chi connectivity index (χ2v) is 5.11. The van der Waals surface area contributed by atoms with Crippen LogP contribution in [0.4, 0.5) is 0 Å². The number of aryl methyl sites for hydroxylation is 2. The van der Waals surface area contributed by atoms with Gasteiger partial charge in [-0.3, -0.25) is 0 Å². The molecule has 2 rings (SSSR count). The van der Waals surface area contributed by atoms with Gasteiger partial charge in [0, 0.05) is 5.56 Å². The van der Waals surface area contributed by atoms with Crippen LogP contribution in [0.15, 0.2) is 47.6 Å². The Hall–Kier alpha value is -2.69. The lowest BCUT2D eigenvalue weighted by molar-refractivity contribution is 0.106. The normalized spacial score (nSPS) is 11.2. The zero-order valence-corrected chi connectivity index (χ0v) is 13.7. The fourth-order valence-corrected chi connectivity index (χ4v) is 2.14. The summed E-state index contributed by atoms with van der Waals surface area (Å²) in [6.07, 6.45) is 0. The average Bonchev–Trinajstić information content (AvgIpc) is 2.56. The van der Waals surface area contributed by atoms with E-state index in [4.69, 9.17) is 20.0 Å². The predicted molar refractivity (Wildman–Crippen MR) is 91.1 cm³/mol. The maximum atomic E-state index is 5.87. The van der Waals surface area contributed by atoms with E-state index in [-0.39, 0.29) is 0 Å². The van der Waals surface area contributed by atoms with Gasteiger partial charge in [0.1, 0.15) is 18.1 Å². The third kappa shape index (κ3) is 4.64. The Morgan fingerprint density at radius 3 is 2.26 bits per heavy atom. The molecule has 0 saturated carbocycles. The fourth-order valence-electron chi connectivity index (χ4n) is 2.14. The Kier molecular flexibility index (Phi) is 5.86. The van der Waals surface area contributed by atoms with Crippen LogP contribution in [0.2, 0.25) is 0 Å². The summed E-state index contributed by atoms with van der Waals surface area (Å²) in [5.74, 6) is 1.98. The maximum Gasteiger partial charge on any atom is 0.170 e. The Bertz CT molecular complexity index is 646. The molecule has 0 fully saturated rings. The minimum atomic E-state index is 0.319. The molecule has 0 spiro atoms. The summed E-state index contributed by atoms with van der Waals surface area (Å²) in [4.78, 5) is 5.21. The molecule has 2 aromatic rings. The number of nitrogens with zero attached hydrogens (tertiary/aromatic N) is 1. The van der Waals surface area contributed by atoms with Gasteiger partial charge in [0.25, 0.3) is 0 Å². The lowest BCUT2D eigenvalue weighted by Gasteiger charge is -2.11. The predicted octanol–water partition coefficient (Wildman–Crippen LogP) is 3.03. The van der Waals surface area contributed by atoms with Crippen LogP contribution >= 0.6 is 0 Å². The van der Waals surface area contributed by atoms with Gasteiger partial charge >= 0.3 is 0 Å². The molecule has 0 unspecified atom stereocenters. The highest BCUT2D eigenvalue weighted by Crippen LogP contribution is 2.22. The molecule has 0 atom stereocenters. The molecule has 5 heteroatoms. The molecule has 0 bridgehead atoms. The third-order valence-corrected chi connectivity index (χ3v) is 3.38. The van der Waals surface area contributed by atoms with Gasteiger partial charge in [-0.05, 0) is 49.2 Å². The van der Waals surface area contributed by atoms with Gasteiger partial charge in [0.2, 0.25) is 0 Å². The van der Waals surface area contributed by atoms with Crippen LogP contribution < -0.4 is 15.2 Å². The molecular weight excluding hydrogens is 292 g/mol. The molecule has 23 heavy (non-hydrogen) atoms. The topological polar surface area (TPSA) is 66.1 Å². The van der Waals surface area contributed by atoms with E-state index in [2.05, 4.69) is 5.16 Å². The van der Waals surface area contributed by atoms with E-state index in [9.17, 15) is 0 Å². The van der Waals surface area contributed by atoms with Crippen LogP contribution in [0.25, 0.3) is 0 Å². The van der Waals surface area contributed by atoms with Crippen LogP contribution in [0.1, 0.15) is 16.7 Å². The monoisotopic (exact) mass is 314 g/mol. The zero-order valence-electron chi connectivity index (χ0n) is 13.7. The van der Waals surface area contributed by atoms with Gasteiger partial charge in [-0.2, -0.15) is 0 Å². The number of nitrogens with two attached hydrogens (primary N) is 1. The molecule has 2 N–H and O–H groups in total. The molecule has 0 aliphatic rings. The van der Waals surface area contributed by atoms with Crippen LogP contribution in [0.3, 0.4) is 0 Å². The van der Waals surface area contributed by atoms with Gasteiger partial charge in [-0.25, -0.2) is 0 Å². The molecule has 5 nitrogen and oxygen atoms in total. The fraction of sp³-hybridized carbons (Fsp3) is 0.278. The second-order valence-electron chi connectivity index (χ2n) is 5.11. The van der Waals surface area contributed by atoms with Crippen molar-refractivity contribution in [3.8, 4) is 11.5 Å². The number of rotatable bonds is 7. The smallest absolute Gasteiger partial charge is 0.170 e. The maximum absolute atomic E-state index is 5.87. The first-order valence-corrected chi connectivity index (χ1v) is 7.40. The van der Waals surface area contributed by atoms with Crippen LogP contribution in [-0.4, -0.2) is 26.2 Å². The van der Waals surface area contributed by atoms with Gasteiger partial charge in [-0.1, -0.05) is 23.4 Å². The summed E-state index contributed by atoms with van der Waals surface area (Å²) in [6, 6.07) is 13.3. The average molecular weight is 314 g/mol. The summed E-state index contributed by atoms with van der Waals surface area (Å²) >= 11 is 0. The first kappa shape index (κ1) is 16.7. The Morgan fingerprint density at radius 1 is 1.00 bits per heavy atom. The van der Waals surface area contributed by atoms with E-state index in [1.807, 2.05) is 56.3 Å². The first-order valence-electron chi connectivity index (χ1n) is 7.40. The number of methoxy groups -OCH3 is 1. The highest BCUT2D eigenvalue weighted by molar-refractivity contribution is 5.97. The van der Waals surface area contributed by atoms with Crippen molar-refractivity contribution >= 4 is 5.84 Å². The number of ether oxygens (including phenoxy) is 2. The standard InChI is InChI=1S/C18H22N2O3/c1-13-5-4-6-14(2)17(13)22-11-12-23-20-18(19)15-7-9-16(21-3)10-8-15/h4-10H,11-12H2,1-3H3,(H2,19,20). The van der Waals surface area contributed by atoms with Crippen molar-refractivity contribution in [1.82, 2.24) is 0 Å². The summed E-state index contributed by atoms with van der Waals surface area (Å²) < 4.78 is 10.8. The van der Waals surface area contributed by atoms with Crippen molar-refractivity contribution in [3.05, 3.63) is 59.2 Å². The molecule has 0 amide bonds. The van der Waals surface area contributed by atoms with Crippen molar-refractivity contribution in [2.75, 3.05) is 20.3 Å². The number of hydrogen-bond acceptors (Lipinski definition) is 4. The van der Waals surface area contributed by atoms with Crippen molar-refractivity contribution in [2.45, 2.75) is 13.8 Å². The lowest BCUT2D eigenvalue weighted by Crippen LogP contribution is -2.15. The van der Waals surface area contributed by atoms with Crippen molar-refractivity contribution < 1.29 is 14.3 Å². The molecule has 2 aromatic carbocycles. The van der Waals surface area contributed by atoms with Crippen LogP contribution in [0, 0.1) is 13.8 Å². The van der Waals surface area contributed by atoms with E-state index in [0.717, 1.165) is 28.2 Å². The van der Waals surface area contributed by atoms with Crippen molar-refractivity contribution in [3.63, 3.8) is 0 Å². The van der Waals surface area contributed by atoms with Crippen molar-refractivity contribution in [2.24, 2.45) is 10.9 Å². The molecule has 0 aliphatic carbocycles. The number of benzene rings is 2. The number of para-hydroxylation sites is 1. The quantitative estimate of drug-likeness (QED) is 0.369. The van der Waals surface area contributed by atoms with E-state index in [1.54, 1.807) is 7.11 Å². The molecule has 0 aromatic heterocycles. The van der Waals surface area contributed by atoms with E-state index in [1.165, 1.54) is 0 Å². The number of oxime groups is 1. The Balaban J connectivity index is 1.81. The molecule has 0 radical (unpaired) electrons. The van der Waals surface area contributed by atoms with E-state index in [0.29, 0.717) is 19.0 Å². The van der Waals surface area contributed by atoms with E-state index >= 15 is 0 Å². The SMILES string of the molecule is COc1ccc(/C(N)=N/OCCOc2c(C)cccc2C)cc1. The van der Waals surface area contributed by atoms with E-state index < -0.39 is 0 Å². The van der Waals surface area contributed by atoms with Crippen LogP contribution in [0.5, 0.6) is 11.5 Å². The first-order chi connectivity index (χ1) is 11.1. The molecule has 0 saturated heterocycles. The summed E-state index contributed by atoms with van der Waals surface area (Å²) in [5, 5.41) is 3.90. The van der Waals surface area contributed by atoms with Crippen molar-refractivity contribution in [1.29, 1.82) is 0 Å². The minimum absolute atomic E-state index is 0.319. The zero-order chi connectivity index (χ0) is 16.7. The highest BCUT2D eigenvalue weighted by atomic mass is 16.6. The van der Waals surface area contributed by atoms with Gasteiger partial charge < -0.3 is 20.0 Å². The third-order valence-electron chi connectivity index (χ3n) is 3.38. The number of amidine groups is 1. The highest BCUT2D eigenvalue weighted by Gasteiger charge is 2.03. The minimum Gasteiger partial charge on any atom is -0.497 e. The lowest BCUT2D eigenvalue weighted by atomic mass is 10.1. The number of hydrogen-bond donors (Lipinski definition) is 1. The summed E-state index contributed by atoms with van der Waals surface area (Å²) in [7, 11) is 1.62. The molecule has 0 heterocycles. The Labute approximate surface area is 136 Å². The largest absolute Gasteiger partial charge is 0.497 e. The van der Waals surface area contributed by atoms with Gasteiger partial charge in [-0.15, -0.1) is 0 Å². The summed E-state index contributed by atoms with van der Waals surface area (Å²) in [5.41, 5.74) is 8.86. The summed E-state index contributed by atoms with van der Waals surface area (Å²) in [6.45, 7) is 4.77. The van der Waals surface area contributed by atoms with Gasteiger partial charge in [0.05, 0.1) is 7.11 Å². The molecule has 122 valence electrons. The Morgan fingerprint density at radius 2 is 1.65 bits per heavy atom. The van der Waals surface area contributed by atoms with Crippen LogP contribution in [-0.2, 0) is 4.84 Å². The second kappa shape index (κ2) is 8.08.